The second-order valence-corrected chi connectivity index (χ2v) is 8.11. The molecule has 0 bridgehead atoms. The van der Waals surface area contributed by atoms with Crippen LogP contribution < -0.4 is 24.4 Å². The summed E-state index contributed by atoms with van der Waals surface area (Å²) in [6.07, 6.45) is 1.80. The molecule has 7 nitrogen and oxygen atoms in total. The maximum atomic E-state index is 13.5. The Kier molecular flexibility index (Phi) is 4.71. The molecule has 0 saturated heterocycles. The van der Waals surface area contributed by atoms with E-state index in [1.165, 1.54) is 18.4 Å². The lowest BCUT2D eigenvalue weighted by atomic mass is 9.96. The van der Waals surface area contributed by atoms with Crippen LogP contribution in [0.2, 0.25) is 0 Å². The van der Waals surface area contributed by atoms with E-state index in [-0.39, 0.29) is 12.4 Å². The molecule has 8 heteroatoms. The van der Waals surface area contributed by atoms with Crippen molar-refractivity contribution < 1.29 is 19.0 Å². The van der Waals surface area contributed by atoms with E-state index in [4.69, 9.17) is 14.2 Å². The molecular weight excluding hydrogens is 416 g/mol. The molecule has 156 valence electrons. The summed E-state index contributed by atoms with van der Waals surface area (Å²) in [5.41, 5.74) is 2.30. The minimum absolute atomic E-state index is 0.188. The first-order valence-electron chi connectivity index (χ1n) is 9.62. The van der Waals surface area contributed by atoms with Gasteiger partial charge >= 0.3 is 5.97 Å². The van der Waals surface area contributed by atoms with E-state index < -0.39 is 12.0 Å². The Morgan fingerprint density at radius 1 is 1.19 bits per heavy atom. The fraction of sp³-hybridized carbons (Fsp3) is 0.174. The van der Waals surface area contributed by atoms with Crippen molar-refractivity contribution in [3.05, 3.63) is 90.6 Å². The van der Waals surface area contributed by atoms with Crippen LogP contribution in [0, 0.1) is 0 Å². The maximum Gasteiger partial charge on any atom is 0.338 e. The van der Waals surface area contributed by atoms with Crippen molar-refractivity contribution in [2.75, 3.05) is 13.9 Å². The third-order valence-corrected chi connectivity index (χ3v) is 6.22. The van der Waals surface area contributed by atoms with Gasteiger partial charge in [-0.1, -0.05) is 47.7 Å². The minimum atomic E-state index is -0.608. The van der Waals surface area contributed by atoms with E-state index in [1.807, 2.05) is 48.5 Å². The van der Waals surface area contributed by atoms with Crippen LogP contribution in [0.1, 0.15) is 24.1 Å². The second kappa shape index (κ2) is 7.55. The number of carbonyl (C=O) groups excluding carboxylic acids is 1. The first-order chi connectivity index (χ1) is 15.1. The van der Waals surface area contributed by atoms with Gasteiger partial charge in [-0.15, -0.1) is 0 Å². The number of benzene rings is 2. The van der Waals surface area contributed by atoms with Crippen LogP contribution >= 0.6 is 11.3 Å². The van der Waals surface area contributed by atoms with Gasteiger partial charge in [0.05, 0.1) is 29.0 Å². The summed E-state index contributed by atoms with van der Waals surface area (Å²) < 4.78 is 17.9. The van der Waals surface area contributed by atoms with Gasteiger partial charge in [-0.3, -0.25) is 9.36 Å². The quantitative estimate of drug-likeness (QED) is 0.590. The Hall–Kier alpha value is -3.65. The molecule has 5 rings (SSSR count). The summed E-state index contributed by atoms with van der Waals surface area (Å²) in [6, 6.07) is 14.3. The van der Waals surface area contributed by atoms with Crippen LogP contribution in [0.4, 0.5) is 0 Å². The normalized spacial score (nSPS) is 17.4. The van der Waals surface area contributed by atoms with Crippen molar-refractivity contribution >= 4 is 23.4 Å². The number of fused-ring (bicyclic) bond motifs is 2. The monoisotopic (exact) mass is 434 g/mol. The molecule has 0 spiro atoms. The number of ether oxygens (including phenoxy) is 3. The highest BCUT2D eigenvalue weighted by Gasteiger charge is 2.32. The lowest BCUT2D eigenvalue weighted by Crippen LogP contribution is -2.39. The number of allylic oxidation sites excluding steroid dienone is 1. The van der Waals surface area contributed by atoms with Gasteiger partial charge in [0.2, 0.25) is 6.79 Å². The summed E-state index contributed by atoms with van der Waals surface area (Å²) >= 11 is 1.28. The summed E-state index contributed by atoms with van der Waals surface area (Å²) in [5, 5.41) is 0. The molecule has 0 saturated carbocycles. The van der Waals surface area contributed by atoms with Crippen molar-refractivity contribution in [3.63, 3.8) is 0 Å². The Morgan fingerprint density at radius 3 is 2.74 bits per heavy atom. The average molecular weight is 434 g/mol. The van der Waals surface area contributed by atoms with Crippen LogP contribution in [-0.4, -0.2) is 24.4 Å². The van der Waals surface area contributed by atoms with Gasteiger partial charge in [0.15, 0.2) is 16.3 Å². The number of carbonyl (C=O) groups is 1. The van der Waals surface area contributed by atoms with Crippen LogP contribution in [0.25, 0.3) is 6.08 Å². The van der Waals surface area contributed by atoms with E-state index in [9.17, 15) is 9.59 Å². The largest absolute Gasteiger partial charge is 0.466 e. The van der Waals surface area contributed by atoms with Gasteiger partial charge in [-0.2, -0.15) is 0 Å². The molecule has 3 heterocycles. The number of aromatic nitrogens is 1. The van der Waals surface area contributed by atoms with E-state index in [0.717, 1.165) is 11.1 Å². The molecule has 1 atom stereocenters. The van der Waals surface area contributed by atoms with Crippen molar-refractivity contribution in [1.82, 2.24) is 4.57 Å². The van der Waals surface area contributed by atoms with E-state index in [2.05, 4.69) is 4.99 Å². The molecule has 1 aromatic heterocycles. The summed E-state index contributed by atoms with van der Waals surface area (Å²) in [4.78, 5) is 31.1. The Labute approximate surface area is 181 Å². The van der Waals surface area contributed by atoms with Crippen LogP contribution in [0.15, 0.2) is 69.6 Å². The fourth-order valence-electron chi connectivity index (χ4n) is 3.80. The first-order valence-corrected chi connectivity index (χ1v) is 10.4. The molecule has 2 aliphatic rings. The molecule has 0 aliphatic carbocycles. The van der Waals surface area contributed by atoms with Crippen LogP contribution in [0.5, 0.6) is 11.5 Å². The molecule has 0 radical (unpaired) electrons. The number of hydrogen-bond acceptors (Lipinski definition) is 7. The van der Waals surface area contributed by atoms with Gasteiger partial charge in [-0.05, 0) is 36.3 Å². The lowest BCUT2D eigenvalue weighted by molar-refractivity contribution is -0.136. The smallest absolute Gasteiger partial charge is 0.338 e. The molecule has 2 aromatic carbocycles. The second-order valence-electron chi connectivity index (χ2n) is 7.10. The van der Waals surface area contributed by atoms with Gasteiger partial charge in [-0.25, -0.2) is 9.79 Å². The number of rotatable bonds is 3. The van der Waals surface area contributed by atoms with Crippen LogP contribution in [-0.2, 0) is 9.53 Å². The number of methoxy groups -OCH3 is 1. The molecule has 0 fully saturated rings. The van der Waals surface area contributed by atoms with Crippen molar-refractivity contribution in [3.8, 4) is 11.5 Å². The Morgan fingerprint density at radius 2 is 1.97 bits per heavy atom. The molecular formula is C23H18N2O5S. The minimum Gasteiger partial charge on any atom is -0.466 e. The molecule has 0 amide bonds. The number of nitrogens with zero attached hydrogens (tertiary/aromatic N) is 2. The van der Waals surface area contributed by atoms with Gasteiger partial charge in [0.1, 0.15) is 0 Å². The zero-order valence-corrected chi connectivity index (χ0v) is 17.6. The predicted octanol–water partition coefficient (Wildman–Crippen LogP) is 2.14. The fourth-order valence-corrected chi connectivity index (χ4v) is 4.84. The highest BCUT2D eigenvalue weighted by Crippen LogP contribution is 2.33. The summed E-state index contributed by atoms with van der Waals surface area (Å²) in [5.74, 6) is 0.827. The molecule has 3 aromatic rings. The van der Waals surface area contributed by atoms with Gasteiger partial charge in [0, 0.05) is 0 Å². The molecule has 2 aliphatic heterocycles. The standard InChI is InChI=1S/C23H18N2O5S/c1-13-19(22(27)28-2)20(15-6-4-3-5-7-15)25-21(26)18(31-23(25)24-13)11-14-8-9-16-17(10-14)30-12-29-16/h3-11,20H,12H2,1-2H3/b18-11-/t20-/m0/s1. The highest BCUT2D eigenvalue weighted by atomic mass is 32.1. The topological polar surface area (TPSA) is 79.1 Å². The maximum absolute atomic E-state index is 13.5. The Bertz CT molecular complexity index is 1400. The van der Waals surface area contributed by atoms with E-state index >= 15 is 0 Å². The lowest BCUT2D eigenvalue weighted by Gasteiger charge is -2.24. The van der Waals surface area contributed by atoms with Crippen molar-refractivity contribution in [2.45, 2.75) is 13.0 Å². The van der Waals surface area contributed by atoms with Gasteiger partial charge in [0.25, 0.3) is 5.56 Å². The zero-order valence-electron chi connectivity index (χ0n) is 16.8. The third kappa shape index (κ3) is 3.25. The number of thiazole rings is 1. The van der Waals surface area contributed by atoms with E-state index in [1.54, 1.807) is 17.6 Å². The zero-order chi connectivity index (χ0) is 21.5. The van der Waals surface area contributed by atoms with Crippen molar-refractivity contribution in [1.29, 1.82) is 0 Å². The third-order valence-electron chi connectivity index (χ3n) is 5.24. The molecule has 0 unspecified atom stereocenters. The number of hydrogen-bond donors (Lipinski definition) is 0. The summed E-state index contributed by atoms with van der Waals surface area (Å²) in [7, 11) is 1.33. The molecule has 31 heavy (non-hydrogen) atoms. The summed E-state index contributed by atoms with van der Waals surface area (Å²) in [6.45, 7) is 1.95. The number of esters is 1. The SMILES string of the molecule is COC(=O)C1=C(C)N=c2s/c(=C\c3ccc4c(c3)OCO4)c(=O)n2[C@H]1c1ccccc1. The van der Waals surface area contributed by atoms with Gasteiger partial charge < -0.3 is 14.2 Å². The van der Waals surface area contributed by atoms with E-state index in [0.29, 0.717) is 32.1 Å². The predicted molar refractivity (Wildman–Crippen MR) is 115 cm³/mol. The molecule has 0 N–H and O–H groups in total. The highest BCUT2D eigenvalue weighted by molar-refractivity contribution is 7.07. The average Bonchev–Trinajstić information content (AvgIpc) is 3.37. The van der Waals surface area contributed by atoms with Crippen LogP contribution in [0.3, 0.4) is 0 Å². The Balaban J connectivity index is 1.71. The van der Waals surface area contributed by atoms with Crippen molar-refractivity contribution in [2.24, 2.45) is 4.99 Å². The first kappa shape index (κ1) is 19.3.